The molecule has 1 amide bonds. The summed E-state index contributed by atoms with van der Waals surface area (Å²) in [5, 5.41) is 15.1. The first-order valence-electron chi connectivity index (χ1n) is 9.79. The Morgan fingerprint density at radius 1 is 1.09 bits per heavy atom. The van der Waals surface area contributed by atoms with Crippen LogP contribution in [0, 0.1) is 10.1 Å². The van der Waals surface area contributed by atoms with Gasteiger partial charge in [0, 0.05) is 16.3 Å². The van der Waals surface area contributed by atoms with Gasteiger partial charge in [-0.2, -0.15) is 0 Å². The van der Waals surface area contributed by atoms with Gasteiger partial charge in [0.2, 0.25) is 11.6 Å². The zero-order valence-electron chi connectivity index (χ0n) is 17.2. The van der Waals surface area contributed by atoms with E-state index >= 15 is 0 Å². The van der Waals surface area contributed by atoms with Crippen LogP contribution in [0.15, 0.2) is 54.9 Å². The fourth-order valence-electron chi connectivity index (χ4n) is 2.63. The number of rotatable bonds is 10. The van der Waals surface area contributed by atoms with Crippen molar-refractivity contribution in [2.24, 2.45) is 0 Å². The van der Waals surface area contributed by atoms with Crippen molar-refractivity contribution in [1.29, 1.82) is 0 Å². The number of carbonyl (C=O) groups is 1. The van der Waals surface area contributed by atoms with Crippen LogP contribution in [-0.4, -0.2) is 27.4 Å². The highest BCUT2D eigenvalue weighted by Gasteiger charge is 2.23. The fraction of sp³-hybridized carbons (Fsp3) is 0.190. The fourth-order valence-corrected chi connectivity index (χ4v) is 2.76. The Kier molecular flexibility index (Phi) is 7.76. The van der Waals surface area contributed by atoms with Crippen molar-refractivity contribution in [2.45, 2.75) is 19.8 Å². The Morgan fingerprint density at radius 2 is 1.78 bits per heavy atom. The minimum atomic E-state index is -0.638. The molecule has 3 aromatic rings. The number of carbonyl (C=O) groups excluding carboxylic acids is 1. The number of benzene rings is 2. The highest BCUT2D eigenvalue weighted by atomic mass is 35.5. The molecule has 3 rings (SSSR count). The van der Waals surface area contributed by atoms with Gasteiger partial charge in [0.15, 0.2) is 0 Å². The van der Waals surface area contributed by atoms with Crippen molar-refractivity contribution >= 4 is 40.5 Å². The Bertz CT molecular complexity index is 1080. The topological polar surface area (TPSA) is 131 Å². The molecule has 0 aliphatic heterocycles. The van der Waals surface area contributed by atoms with Gasteiger partial charge >= 0.3 is 5.69 Å². The lowest BCUT2D eigenvalue weighted by atomic mass is 10.2. The molecule has 1 heterocycles. The molecule has 0 unspecified atom stereocenters. The van der Waals surface area contributed by atoms with Gasteiger partial charge in [0.25, 0.3) is 5.91 Å². The second kappa shape index (κ2) is 10.9. The molecule has 0 spiro atoms. The molecule has 0 atom stereocenters. The number of anilines is 3. The lowest BCUT2D eigenvalue weighted by Crippen LogP contribution is -2.30. The summed E-state index contributed by atoms with van der Waals surface area (Å²) in [6.45, 7) is 2.70. The summed E-state index contributed by atoms with van der Waals surface area (Å²) in [4.78, 5) is 31.2. The van der Waals surface area contributed by atoms with Crippen molar-refractivity contribution in [2.75, 3.05) is 17.3 Å². The third kappa shape index (κ3) is 6.05. The van der Waals surface area contributed by atoms with Gasteiger partial charge in [-0.25, -0.2) is 9.97 Å². The van der Waals surface area contributed by atoms with Gasteiger partial charge in [-0.3, -0.25) is 25.8 Å². The second-order valence-electron chi connectivity index (χ2n) is 6.61. The first kappa shape index (κ1) is 22.8. The number of unbranched alkanes of at least 4 members (excludes halogenated alkanes) is 1. The van der Waals surface area contributed by atoms with Crippen LogP contribution < -0.4 is 20.9 Å². The number of halogens is 1. The van der Waals surface area contributed by atoms with E-state index in [0.29, 0.717) is 28.6 Å². The van der Waals surface area contributed by atoms with E-state index in [2.05, 4.69) is 33.1 Å². The molecule has 0 fully saturated rings. The molecule has 0 aliphatic rings. The maximum Gasteiger partial charge on any atom is 0.355 e. The van der Waals surface area contributed by atoms with Crippen LogP contribution in [0.1, 0.15) is 30.1 Å². The Hall–Kier alpha value is -3.92. The lowest BCUT2D eigenvalue weighted by molar-refractivity contribution is -0.383. The van der Waals surface area contributed by atoms with Gasteiger partial charge < -0.3 is 10.1 Å². The predicted octanol–water partition coefficient (Wildman–Crippen LogP) is 4.72. The molecule has 0 aliphatic carbocycles. The van der Waals surface area contributed by atoms with E-state index in [1.807, 2.05) is 0 Å². The minimum Gasteiger partial charge on any atom is -0.494 e. The number of hydrogen-bond acceptors (Lipinski definition) is 8. The molecule has 2 aromatic carbocycles. The van der Waals surface area contributed by atoms with E-state index in [1.54, 1.807) is 36.4 Å². The molecule has 166 valence electrons. The maximum atomic E-state index is 12.3. The van der Waals surface area contributed by atoms with Crippen molar-refractivity contribution in [3.05, 3.63) is 75.6 Å². The minimum absolute atomic E-state index is 0.0344. The number of nitrogens with zero attached hydrogens (tertiary/aromatic N) is 3. The number of hydrazine groups is 1. The van der Waals surface area contributed by atoms with E-state index in [0.717, 1.165) is 19.2 Å². The van der Waals surface area contributed by atoms with Gasteiger partial charge in [0.1, 0.15) is 12.1 Å². The summed E-state index contributed by atoms with van der Waals surface area (Å²) < 4.78 is 5.61. The number of ether oxygens (including phenoxy) is 1. The van der Waals surface area contributed by atoms with Gasteiger partial charge in [-0.1, -0.05) is 24.9 Å². The average molecular weight is 457 g/mol. The van der Waals surface area contributed by atoms with E-state index in [4.69, 9.17) is 16.3 Å². The molecule has 0 saturated heterocycles. The standard InChI is InChI=1S/C21H21ClN6O4/c1-2-3-12-32-17-10-8-16(9-11-17)25-19-18(28(30)31)20(24-13-23-19)26-27-21(29)14-4-6-15(22)7-5-14/h4-11,13H,2-3,12H2,1H3,(H,27,29)(H2,23,24,25,26). The second-order valence-corrected chi connectivity index (χ2v) is 7.05. The molecular formula is C21H21ClN6O4. The zero-order valence-corrected chi connectivity index (χ0v) is 17.9. The number of hydrogen-bond donors (Lipinski definition) is 3. The van der Waals surface area contributed by atoms with Crippen LogP contribution in [0.3, 0.4) is 0 Å². The smallest absolute Gasteiger partial charge is 0.355 e. The van der Waals surface area contributed by atoms with Gasteiger partial charge in [-0.15, -0.1) is 0 Å². The Morgan fingerprint density at radius 3 is 2.44 bits per heavy atom. The molecular weight excluding hydrogens is 436 g/mol. The molecule has 0 saturated carbocycles. The zero-order chi connectivity index (χ0) is 22.9. The summed E-state index contributed by atoms with van der Waals surface area (Å²) >= 11 is 5.81. The summed E-state index contributed by atoms with van der Waals surface area (Å²) in [5.41, 5.74) is 5.34. The largest absolute Gasteiger partial charge is 0.494 e. The highest BCUT2D eigenvalue weighted by molar-refractivity contribution is 6.30. The quantitative estimate of drug-likeness (QED) is 0.227. The third-order valence-electron chi connectivity index (χ3n) is 4.29. The summed E-state index contributed by atoms with van der Waals surface area (Å²) in [6, 6.07) is 13.1. The molecule has 0 radical (unpaired) electrons. The van der Waals surface area contributed by atoms with Crippen molar-refractivity contribution < 1.29 is 14.5 Å². The molecule has 0 bridgehead atoms. The van der Waals surface area contributed by atoms with Crippen molar-refractivity contribution in [1.82, 2.24) is 15.4 Å². The molecule has 32 heavy (non-hydrogen) atoms. The van der Waals surface area contributed by atoms with Gasteiger partial charge in [0.05, 0.1) is 11.5 Å². The molecule has 10 nitrogen and oxygen atoms in total. The van der Waals surface area contributed by atoms with E-state index in [1.165, 1.54) is 12.1 Å². The Balaban J connectivity index is 1.72. The SMILES string of the molecule is CCCCOc1ccc(Nc2ncnc(NNC(=O)c3ccc(Cl)cc3)c2[N+](=O)[O-])cc1. The summed E-state index contributed by atoms with van der Waals surface area (Å²) in [6.07, 6.45) is 3.14. The molecule has 3 N–H and O–H groups in total. The van der Waals surface area contributed by atoms with Gasteiger partial charge in [-0.05, 0) is 55.0 Å². The summed E-state index contributed by atoms with van der Waals surface area (Å²) in [7, 11) is 0. The number of nitro groups is 1. The summed E-state index contributed by atoms with van der Waals surface area (Å²) in [5.74, 6) is -0.0153. The van der Waals surface area contributed by atoms with E-state index in [-0.39, 0.29) is 11.6 Å². The number of aromatic nitrogens is 2. The van der Waals surface area contributed by atoms with E-state index < -0.39 is 16.5 Å². The maximum absolute atomic E-state index is 12.3. The van der Waals surface area contributed by atoms with Crippen LogP contribution in [-0.2, 0) is 0 Å². The van der Waals surface area contributed by atoms with Crippen molar-refractivity contribution in [3.63, 3.8) is 0 Å². The lowest BCUT2D eigenvalue weighted by Gasteiger charge is -2.11. The third-order valence-corrected chi connectivity index (χ3v) is 4.54. The van der Waals surface area contributed by atoms with Crippen LogP contribution in [0.4, 0.5) is 23.0 Å². The first-order chi connectivity index (χ1) is 15.5. The van der Waals surface area contributed by atoms with Crippen molar-refractivity contribution in [3.8, 4) is 5.75 Å². The molecule has 1 aromatic heterocycles. The monoisotopic (exact) mass is 456 g/mol. The Labute approximate surface area is 189 Å². The molecule has 11 heteroatoms. The van der Waals surface area contributed by atoms with Crippen LogP contribution in [0.5, 0.6) is 5.75 Å². The van der Waals surface area contributed by atoms with E-state index in [9.17, 15) is 14.9 Å². The average Bonchev–Trinajstić information content (AvgIpc) is 2.79. The predicted molar refractivity (Wildman–Crippen MR) is 121 cm³/mol. The van der Waals surface area contributed by atoms with Crippen LogP contribution in [0.2, 0.25) is 5.02 Å². The normalized spacial score (nSPS) is 10.3. The number of amides is 1. The van der Waals surface area contributed by atoms with Crippen LogP contribution >= 0.6 is 11.6 Å². The van der Waals surface area contributed by atoms with Crippen LogP contribution in [0.25, 0.3) is 0 Å². The first-order valence-corrected chi connectivity index (χ1v) is 10.2. The highest BCUT2D eigenvalue weighted by Crippen LogP contribution is 2.31. The number of nitrogens with one attached hydrogen (secondary N) is 3.